The van der Waals surface area contributed by atoms with Crippen LogP contribution in [0.15, 0.2) is 48.5 Å². The van der Waals surface area contributed by atoms with E-state index in [1.165, 1.54) is 0 Å². The molecule has 0 aliphatic carbocycles. The predicted molar refractivity (Wildman–Crippen MR) is 87.1 cm³/mol. The van der Waals surface area contributed by atoms with Gasteiger partial charge in [-0.2, -0.15) is 5.26 Å². The topological polar surface area (TPSA) is 70.7 Å². The van der Waals surface area contributed by atoms with Crippen LogP contribution in [-0.4, -0.2) is 15.5 Å². The van der Waals surface area contributed by atoms with E-state index in [2.05, 4.69) is 16.4 Å². The standard InChI is InChI=1S/C17H11ClN4O/c18-11-5-3-4-10(8-11)15-12(9-19)16(23)21-17-20-13-6-1-2-7-14(13)22(15)17/h1-8,12,15H,(H,20,21,23)/t12-,15-/m1/s1. The second kappa shape index (κ2) is 5.11. The number of hydrogen-bond donors (Lipinski definition) is 1. The first-order chi connectivity index (χ1) is 11.2. The van der Waals surface area contributed by atoms with Gasteiger partial charge in [0, 0.05) is 5.02 Å². The second-order valence-electron chi connectivity index (χ2n) is 5.39. The lowest BCUT2D eigenvalue weighted by Crippen LogP contribution is -2.37. The van der Waals surface area contributed by atoms with Gasteiger partial charge in [0.25, 0.3) is 0 Å². The van der Waals surface area contributed by atoms with Crippen molar-refractivity contribution in [2.24, 2.45) is 5.92 Å². The van der Waals surface area contributed by atoms with Crippen LogP contribution >= 0.6 is 11.6 Å². The maximum Gasteiger partial charge on any atom is 0.246 e. The molecule has 1 amide bonds. The fraction of sp³-hybridized carbons (Fsp3) is 0.118. The van der Waals surface area contributed by atoms with Crippen molar-refractivity contribution in [3.05, 3.63) is 59.1 Å². The highest BCUT2D eigenvalue weighted by Crippen LogP contribution is 2.38. The van der Waals surface area contributed by atoms with E-state index < -0.39 is 12.0 Å². The molecule has 112 valence electrons. The average Bonchev–Trinajstić information content (AvgIpc) is 2.91. The van der Waals surface area contributed by atoms with Crippen LogP contribution in [0.4, 0.5) is 5.95 Å². The minimum atomic E-state index is -0.849. The number of halogens is 1. The van der Waals surface area contributed by atoms with Crippen LogP contribution in [0.25, 0.3) is 11.0 Å². The quantitative estimate of drug-likeness (QED) is 0.746. The summed E-state index contributed by atoms with van der Waals surface area (Å²) in [6.07, 6.45) is 0. The van der Waals surface area contributed by atoms with E-state index in [9.17, 15) is 10.1 Å². The summed E-state index contributed by atoms with van der Waals surface area (Å²) in [7, 11) is 0. The molecular formula is C17H11ClN4O. The second-order valence-corrected chi connectivity index (χ2v) is 5.83. The summed E-state index contributed by atoms with van der Waals surface area (Å²) in [5.74, 6) is -0.744. The number of nitriles is 1. The Morgan fingerprint density at radius 1 is 1.22 bits per heavy atom. The van der Waals surface area contributed by atoms with Crippen LogP contribution in [0.2, 0.25) is 5.02 Å². The molecule has 0 radical (unpaired) electrons. The lowest BCUT2D eigenvalue weighted by molar-refractivity contribution is -0.119. The van der Waals surface area contributed by atoms with Gasteiger partial charge in [-0.3, -0.25) is 10.1 Å². The number of nitrogens with zero attached hydrogens (tertiary/aromatic N) is 3. The lowest BCUT2D eigenvalue weighted by atomic mass is 9.91. The van der Waals surface area contributed by atoms with Crippen LogP contribution in [-0.2, 0) is 4.79 Å². The minimum absolute atomic E-state index is 0.347. The van der Waals surface area contributed by atoms with Crippen LogP contribution in [0.1, 0.15) is 11.6 Å². The Morgan fingerprint density at radius 2 is 2.04 bits per heavy atom. The van der Waals surface area contributed by atoms with Crippen molar-refractivity contribution < 1.29 is 4.79 Å². The smallest absolute Gasteiger partial charge is 0.246 e. The van der Waals surface area contributed by atoms with Crippen molar-refractivity contribution in [1.82, 2.24) is 9.55 Å². The van der Waals surface area contributed by atoms with Crippen LogP contribution < -0.4 is 5.32 Å². The van der Waals surface area contributed by atoms with E-state index >= 15 is 0 Å². The zero-order valence-electron chi connectivity index (χ0n) is 11.9. The summed E-state index contributed by atoms with van der Waals surface area (Å²) in [6.45, 7) is 0. The fourth-order valence-corrected chi connectivity index (χ4v) is 3.25. The lowest BCUT2D eigenvalue weighted by Gasteiger charge is -2.30. The highest BCUT2D eigenvalue weighted by atomic mass is 35.5. The molecule has 1 N–H and O–H groups in total. The van der Waals surface area contributed by atoms with E-state index in [1.807, 2.05) is 41.0 Å². The maximum absolute atomic E-state index is 12.3. The molecule has 5 nitrogen and oxygen atoms in total. The molecule has 1 aromatic heterocycles. The fourth-order valence-electron chi connectivity index (χ4n) is 3.06. The van der Waals surface area contributed by atoms with Gasteiger partial charge in [-0.25, -0.2) is 4.98 Å². The summed E-state index contributed by atoms with van der Waals surface area (Å²) in [5, 5.41) is 12.8. The molecule has 0 bridgehead atoms. The van der Waals surface area contributed by atoms with Crippen molar-refractivity contribution in [3.8, 4) is 6.07 Å². The molecule has 1 aliphatic rings. The summed E-state index contributed by atoms with van der Waals surface area (Å²) in [6, 6.07) is 16.5. The number of carbonyl (C=O) groups excluding carboxylic acids is 1. The SMILES string of the molecule is N#C[C@H]1C(=O)Nc2nc3ccccc3n2[C@@H]1c1cccc(Cl)c1. The van der Waals surface area contributed by atoms with Crippen molar-refractivity contribution in [2.75, 3.05) is 5.32 Å². The Bertz CT molecular complexity index is 972. The first kappa shape index (κ1) is 13.8. The average molecular weight is 323 g/mol. The van der Waals surface area contributed by atoms with Crippen molar-refractivity contribution in [2.45, 2.75) is 6.04 Å². The number of anilines is 1. The summed E-state index contributed by atoms with van der Waals surface area (Å²) in [5.41, 5.74) is 2.45. The molecule has 0 fully saturated rings. The molecule has 0 saturated carbocycles. The Balaban J connectivity index is 2.02. The van der Waals surface area contributed by atoms with E-state index in [-0.39, 0.29) is 5.91 Å². The van der Waals surface area contributed by atoms with E-state index in [0.717, 1.165) is 16.6 Å². The van der Waals surface area contributed by atoms with Gasteiger partial charge in [0.1, 0.15) is 0 Å². The van der Waals surface area contributed by atoms with Gasteiger partial charge in [-0.1, -0.05) is 35.9 Å². The third-order valence-corrected chi connectivity index (χ3v) is 4.27. The number of fused-ring (bicyclic) bond motifs is 3. The Morgan fingerprint density at radius 3 is 2.83 bits per heavy atom. The van der Waals surface area contributed by atoms with Crippen molar-refractivity contribution >= 4 is 34.5 Å². The van der Waals surface area contributed by atoms with Gasteiger partial charge in [0.05, 0.1) is 23.1 Å². The zero-order chi connectivity index (χ0) is 16.0. The van der Waals surface area contributed by atoms with Gasteiger partial charge < -0.3 is 4.57 Å². The molecule has 1 aliphatic heterocycles. The van der Waals surface area contributed by atoms with E-state index in [4.69, 9.17) is 11.6 Å². The van der Waals surface area contributed by atoms with Crippen molar-refractivity contribution in [1.29, 1.82) is 5.26 Å². The van der Waals surface area contributed by atoms with Crippen LogP contribution in [0.3, 0.4) is 0 Å². The normalized spacial score (nSPS) is 19.9. The van der Waals surface area contributed by atoms with Gasteiger partial charge in [0.15, 0.2) is 5.92 Å². The predicted octanol–water partition coefficient (Wildman–Crippen LogP) is 3.37. The molecule has 3 aromatic rings. The van der Waals surface area contributed by atoms with E-state index in [0.29, 0.717) is 11.0 Å². The highest BCUT2D eigenvalue weighted by molar-refractivity contribution is 6.30. The third kappa shape index (κ3) is 2.07. The number of rotatable bonds is 1. The van der Waals surface area contributed by atoms with Crippen molar-refractivity contribution in [3.63, 3.8) is 0 Å². The number of hydrogen-bond acceptors (Lipinski definition) is 3. The van der Waals surface area contributed by atoms with Gasteiger partial charge in [-0.15, -0.1) is 0 Å². The Labute approximate surface area is 137 Å². The molecule has 6 heteroatoms. The molecule has 0 spiro atoms. The first-order valence-electron chi connectivity index (χ1n) is 7.12. The number of amides is 1. The van der Waals surface area contributed by atoms with Crippen LogP contribution in [0.5, 0.6) is 0 Å². The summed E-state index contributed by atoms with van der Waals surface area (Å²) >= 11 is 6.10. The molecular weight excluding hydrogens is 312 g/mol. The largest absolute Gasteiger partial charge is 0.300 e. The number of para-hydroxylation sites is 2. The Hall–Kier alpha value is -2.84. The number of carbonyl (C=O) groups is 1. The number of aromatic nitrogens is 2. The van der Waals surface area contributed by atoms with Crippen LogP contribution in [0, 0.1) is 17.2 Å². The third-order valence-electron chi connectivity index (χ3n) is 4.04. The molecule has 23 heavy (non-hydrogen) atoms. The molecule has 0 saturated heterocycles. The van der Waals surface area contributed by atoms with E-state index in [1.54, 1.807) is 12.1 Å². The molecule has 2 atom stereocenters. The monoisotopic (exact) mass is 322 g/mol. The number of benzene rings is 2. The van der Waals surface area contributed by atoms with Gasteiger partial charge in [0.2, 0.25) is 11.9 Å². The molecule has 4 rings (SSSR count). The minimum Gasteiger partial charge on any atom is -0.300 e. The zero-order valence-corrected chi connectivity index (χ0v) is 12.7. The molecule has 0 unspecified atom stereocenters. The van der Waals surface area contributed by atoms with Gasteiger partial charge >= 0.3 is 0 Å². The maximum atomic E-state index is 12.3. The number of nitrogens with one attached hydrogen (secondary N) is 1. The van der Waals surface area contributed by atoms with Gasteiger partial charge in [-0.05, 0) is 29.8 Å². The summed E-state index contributed by atoms with van der Waals surface area (Å²) in [4.78, 5) is 16.8. The molecule has 2 heterocycles. The Kier molecular flexibility index (Phi) is 3.07. The molecule has 2 aromatic carbocycles. The highest BCUT2D eigenvalue weighted by Gasteiger charge is 2.38. The first-order valence-corrected chi connectivity index (χ1v) is 7.50. The summed E-state index contributed by atoms with van der Waals surface area (Å²) < 4.78 is 1.90. The number of imidazole rings is 1.